The molecule has 0 spiro atoms. The minimum Gasteiger partial charge on any atom is -0.393 e. The van der Waals surface area contributed by atoms with Gasteiger partial charge >= 0.3 is 0 Å². The Kier molecular flexibility index (Phi) is 4.18. The molecular formula is C17H17N3O3S2. The standard InChI is InChI=1S/C17H17N3O3S2/c1-8-12-15(22)18-7-19-17(12)25-14(8)16(23)20-13(9-5-10(21)6-9)11-3-2-4-24-11/h2-4,7,9-10,13,21H,5-6H2,1H3,(H,20,23)(H,18,19,22)/t9?,10?,13-/m1/s1. The molecule has 1 aliphatic carbocycles. The van der Waals surface area contributed by atoms with Gasteiger partial charge in [0, 0.05) is 4.88 Å². The number of aliphatic hydroxyl groups is 1. The summed E-state index contributed by atoms with van der Waals surface area (Å²) < 4.78 is 0. The predicted octanol–water partition coefficient (Wildman–Crippen LogP) is 2.60. The Hall–Kier alpha value is -2.03. The number of aromatic amines is 1. The van der Waals surface area contributed by atoms with Crippen LogP contribution in [0.3, 0.4) is 0 Å². The first-order chi connectivity index (χ1) is 12.0. The number of H-pyrrole nitrogens is 1. The van der Waals surface area contributed by atoms with Gasteiger partial charge in [-0.1, -0.05) is 6.07 Å². The second kappa shape index (κ2) is 6.36. The van der Waals surface area contributed by atoms with E-state index in [-0.39, 0.29) is 29.5 Å². The smallest absolute Gasteiger partial charge is 0.262 e. The van der Waals surface area contributed by atoms with E-state index >= 15 is 0 Å². The van der Waals surface area contributed by atoms with E-state index in [1.165, 1.54) is 17.7 Å². The SMILES string of the molecule is Cc1c(C(=O)N[C@@H](c2cccs2)C2CC(O)C2)sc2nc[nH]c(=O)c12. The molecule has 6 nitrogen and oxygen atoms in total. The van der Waals surface area contributed by atoms with Crippen LogP contribution in [-0.4, -0.2) is 27.1 Å². The van der Waals surface area contributed by atoms with Crippen molar-refractivity contribution < 1.29 is 9.90 Å². The Labute approximate surface area is 151 Å². The van der Waals surface area contributed by atoms with Gasteiger partial charge in [0.05, 0.1) is 28.7 Å². The molecule has 1 amide bonds. The van der Waals surface area contributed by atoms with Crippen molar-refractivity contribution in [1.82, 2.24) is 15.3 Å². The third-order valence-electron chi connectivity index (χ3n) is 4.70. The van der Waals surface area contributed by atoms with Crippen molar-refractivity contribution in [1.29, 1.82) is 0 Å². The number of thiophene rings is 2. The number of nitrogens with one attached hydrogen (secondary N) is 2. The van der Waals surface area contributed by atoms with Crippen molar-refractivity contribution in [3.05, 3.63) is 49.5 Å². The quantitative estimate of drug-likeness (QED) is 0.653. The number of fused-ring (bicyclic) bond motifs is 1. The van der Waals surface area contributed by atoms with Crippen LogP contribution in [0.1, 0.15) is 39.0 Å². The number of carbonyl (C=O) groups excluding carboxylic acids is 1. The summed E-state index contributed by atoms with van der Waals surface area (Å²) in [5, 5.41) is 15.2. The maximum atomic E-state index is 12.9. The molecule has 8 heteroatoms. The highest BCUT2D eigenvalue weighted by molar-refractivity contribution is 7.20. The molecule has 0 aromatic carbocycles. The van der Waals surface area contributed by atoms with Crippen LogP contribution in [0.4, 0.5) is 0 Å². The van der Waals surface area contributed by atoms with E-state index in [0.717, 1.165) is 4.88 Å². The zero-order valence-electron chi connectivity index (χ0n) is 13.5. The Morgan fingerprint density at radius 3 is 2.92 bits per heavy atom. The number of aryl methyl sites for hydroxylation is 1. The summed E-state index contributed by atoms with van der Waals surface area (Å²) in [5.74, 6) is 0.0357. The molecule has 1 aliphatic rings. The topological polar surface area (TPSA) is 95.1 Å². The third kappa shape index (κ3) is 2.90. The van der Waals surface area contributed by atoms with Gasteiger partial charge in [-0.2, -0.15) is 0 Å². The highest BCUT2D eigenvalue weighted by Crippen LogP contribution is 2.40. The van der Waals surface area contributed by atoms with Gasteiger partial charge in [0.15, 0.2) is 0 Å². The molecule has 3 aromatic rings. The van der Waals surface area contributed by atoms with Crippen LogP contribution in [0.5, 0.6) is 0 Å². The lowest BCUT2D eigenvalue weighted by Crippen LogP contribution is -2.41. The Bertz CT molecular complexity index is 971. The van der Waals surface area contributed by atoms with Gasteiger partial charge in [0.2, 0.25) is 0 Å². The van der Waals surface area contributed by atoms with Crippen molar-refractivity contribution in [3.63, 3.8) is 0 Å². The van der Waals surface area contributed by atoms with Crippen LogP contribution in [-0.2, 0) is 0 Å². The number of aromatic nitrogens is 2. The molecule has 0 radical (unpaired) electrons. The molecule has 0 bridgehead atoms. The lowest BCUT2D eigenvalue weighted by Gasteiger charge is -2.37. The van der Waals surface area contributed by atoms with Gasteiger partial charge in [-0.3, -0.25) is 9.59 Å². The first-order valence-corrected chi connectivity index (χ1v) is 9.73. The predicted molar refractivity (Wildman–Crippen MR) is 98.2 cm³/mol. The van der Waals surface area contributed by atoms with E-state index in [1.807, 2.05) is 17.5 Å². The molecule has 3 aromatic heterocycles. The minimum absolute atomic E-state index is 0.119. The Balaban J connectivity index is 1.65. The zero-order valence-corrected chi connectivity index (χ0v) is 15.1. The second-order valence-corrected chi connectivity index (χ2v) is 8.30. The number of hydrogen-bond donors (Lipinski definition) is 3. The molecule has 1 saturated carbocycles. The van der Waals surface area contributed by atoms with Crippen LogP contribution >= 0.6 is 22.7 Å². The van der Waals surface area contributed by atoms with E-state index in [9.17, 15) is 14.7 Å². The van der Waals surface area contributed by atoms with Gasteiger partial charge in [-0.15, -0.1) is 22.7 Å². The fraction of sp³-hybridized carbons (Fsp3) is 0.353. The summed E-state index contributed by atoms with van der Waals surface area (Å²) in [6.07, 6.45) is 2.45. The normalized spacial score (nSPS) is 21.0. The second-order valence-electron chi connectivity index (χ2n) is 6.32. The zero-order chi connectivity index (χ0) is 17.6. The summed E-state index contributed by atoms with van der Waals surface area (Å²) in [6.45, 7) is 1.78. The fourth-order valence-electron chi connectivity index (χ4n) is 3.29. The van der Waals surface area contributed by atoms with Gasteiger partial charge < -0.3 is 15.4 Å². The van der Waals surface area contributed by atoms with Crippen molar-refractivity contribution in [2.75, 3.05) is 0 Å². The summed E-state index contributed by atoms with van der Waals surface area (Å²) in [7, 11) is 0. The lowest BCUT2D eigenvalue weighted by atomic mass is 9.76. The number of hydrogen-bond acceptors (Lipinski definition) is 6. The van der Waals surface area contributed by atoms with Crippen LogP contribution in [0.15, 0.2) is 28.6 Å². The Morgan fingerprint density at radius 1 is 1.48 bits per heavy atom. The van der Waals surface area contributed by atoms with Crippen molar-refractivity contribution in [2.45, 2.75) is 31.9 Å². The van der Waals surface area contributed by atoms with Crippen LogP contribution in [0.2, 0.25) is 0 Å². The molecule has 130 valence electrons. The molecule has 0 unspecified atom stereocenters. The number of aliphatic hydroxyl groups excluding tert-OH is 1. The van der Waals surface area contributed by atoms with Crippen molar-refractivity contribution in [2.24, 2.45) is 5.92 Å². The highest BCUT2D eigenvalue weighted by atomic mass is 32.1. The third-order valence-corrected chi connectivity index (χ3v) is 6.85. The summed E-state index contributed by atoms with van der Waals surface area (Å²) >= 11 is 2.83. The first kappa shape index (κ1) is 16.4. The van der Waals surface area contributed by atoms with E-state index in [1.54, 1.807) is 18.3 Å². The monoisotopic (exact) mass is 375 g/mol. The average Bonchev–Trinajstić information content (AvgIpc) is 3.19. The molecule has 3 N–H and O–H groups in total. The first-order valence-electron chi connectivity index (χ1n) is 8.03. The highest BCUT2D eigenvalue weighted by Gasteiger charge is 2.36. The maximum Gasteiger partial charge on any atom is 0.262 e. The van der Waals surface area contributed by atoms with E-state index < -0.39 is 0 Å². The van der Waals surface area contributed by atoms with Crippen LogP contribution in [0.25, 0.3) is 10.2 Å². The molecule has 0 saturated heterocycles. The number of rotatable bonds is 4. The summed E-state index contributed by atoms with van der Waals surface area (Å²) in [6, 6.07) is 3.85. The molecule has 4 rings (SSSR count). The molecule has 1 atom stereocenters. The average molecular weight is 375 g/mol. The molecule has 0 aliphatic heterocycles. The largest absolute Gasteiger partial charge is 0.393 e. The minimum atomic E-state index is -0.279. The molecular weight excluding hydrogens is 358 g/mol. The number of amides is 1. The van der Waals surface area contributed by atoms with Gasteiger partial charge in [0.1, 0.15) is 4.83 Å². The van der Waals surface area contributed by atoms with Crippen molar-refractivity contribution in [3.8, 4) is 0 Å². The summed E-state index contributed by atoms with van der Waals surface area (Å²) in [5.41, 5.74) is 0.431. The fourth-order valence-corrected chi connectivity index (χ4v) is 5.22. The lowest BCUT2D eigenvalue weighted by molar-refractivity contribution is 0.0241. The van der Waals surface area contributed by atoms with Gasteiger partial charge in [-0.25, -0.2) is 4.98 Å². The number of carbonyl (C=O) groups is 1. The van der Waals surface area contributed by atoms with E-state index in [2.05, 4.69) is 15.3 Å². The van der Waals surface area contributed by atoms with E-state index in [0.29, 0.717) is 33.5 Å². The Morgan fingerprint density at radius 2 is 2.28 bits per heavy atom. The van der Waals surface area contributed by atoms with Crippen molar-refractivity contribution >= 4 is 38.8 Å². The summed E-state index contributed by atoms with van der Waals surface area (Å²) in [4.78, 5) is 33.8. The number of nitrogens with zero attached hydrogens (tertiary/aromatic N) is 1. The molecule has 3 heterocycles. The van der Waals surface area contributed by atoms with Gasteiger partial charge in [-0.05, 0) is 42.7 Å². The van der Waals surface area contributed by atoms with E-state index in [4.69, 9.17) is 0 Å². The molecule has 1 fully saturated rings. The maximum absolute atomic E-state index is 12.9. The van der Waals surface area contributed by atoms with Gasteiger partial charge in [0.25, 0.3) is 11.5 Å². The van der Waals surface area contributed by atoms with Crippen LogP contribution in [0, 0.1) is 12.8 Å². The van der Waals surface area contributed by atoms with Crippen LogP contribution < -0.4 is 10.9 Å². The molecule has 25 heavy (non-hydrogen) atoms.